The Morgan fingerprint density at radius 1 is 1.29 bits per heavy atom. The van der Waals surface area contributed by atoms with Crippen LogP contribution < -0.4 is 0 Å². The molecule has 4 atom stereocenters. The van der Waals surface area contributed by atoms with Gasteiger partial charge in [-0.3, -0.25) is 0 Å². The summed E-state index contributed by atoms with van der Waals surface area (Å²) in [6.07, 6.45) is 11.3. The van der Waals surface area contributed by atoms with E-state index < -0.39 is 0 Å². The molecular weight excluding hydrogens is 256 g/mol. The molecule has 4 unspecified atom stereocenters. The first kappa shape index (κ1) is 15.6. The number of aliphatic hydroxyl groups is 1. The van der Waals surface area contributed by atoms with Gasteiger partial charge in [-0.25, -0.2) is 0 Å². The van der Waals surface area contributed by atoms with Crippen LogP contribution in [0.3, 0.4) is 0 Å². The van der Waals surface area contributed by atoms with E-state index in [1.54, 1.807) is 5.57 Å². The van der Waals surface area contributed by atoms with Gasteiger partial charge in [-0.1, -0.05) is 46.3 Å². The van der Waals surface area contributed by atoms with Crippen molar-refractivity contribution in [3.63, 3.8) is 0 Å². The van der Waals surface area contributed by atoms with E-state index in [0.717, 1.165) is 24.7 Å². The summed E-state index contributed by atoms with van der Waals surface area (Å²) in [4.78, 5) is 0. The second kappa shape index (κ2) is 4.85. The monoisotopic (exact) mass is 290 g/mol. The van der Waals surface area contributed by atoms with Gasteiger partial charge in [-0.15, -0.1) is 0 Å². The summed E-state index contributed by atoms with van der Waals surface area (Å²) in [6.45, 7) is 11.5. The molecule has 0 radical (unpaired) electrons. The van der Waals surface area contributed by atoms with Crippen LogP contribution in [0.2, 0.25) is 0 Å². The maximum Gasteiger partial charge on any atom is 0.0596 e. The SMILES string of the molecule is CCC(C)(C)C(O)CC(C)(C)C12CC3=CC(CC(C3)C1)C2. The van der Waals surface area contributed by atoms with Crippen LogP contribution in [0.5, 0.6) is 0 Å². The highest BCUT2D eigenvalue weighted by atomic mass is 16.3. The highest BCUT2D eigenvalue weighted by Crippen LogP contribution is 2.65. The molecule has 2 fully saturated rings. The predicted octanol–water partition coefficient (Wildman–Crippen LogP) is 5.34. The summed E-state index contributed by atoms with van der Waals surface area (Å²) >= 11 is 0. The van der Waals surface area contributed by atoms with Crippen molar-refractivity contribution in [1.82, 2.24) is 0 Å². The van der Waals surface area contributed by atoms with Crippen LogP contribution in [-0.2, 0) is 0 Å². The van der Waals surface area contributed by atoms with Gasteiger partial charge in [0.25, 0.3) is 0 Å². The number of aliphatic hydroxyl groups excluding tert-OH is 1. The van der Waals surface area contributed by atoms with Gasteiger partial charge >= 0.3 is 0 Å². The van der Waals surface area contributed by atoms with Gasteiger partial charge in [-0.05, 0) is 73.0 Å². The molecule has 1 heteroatoms. The molecule has 0 heterocycles. The molecule has 4 rings (SSSR count). The topological polar surface area (TPSA) is 20.2 Å². The van der Waals surface area contributed by atoms with Crippen molar-refractivity contribution < 1.29 is 5.11 Å². The molecule has 4 aliphatic rings. The van der Waals surface area contributed by atoms with Crippen LogP contribution in [0, 0.1) is 28.1 Å². The molecule has 0 amide bonds. The van der Waals surface area contributed by atoms with Crippen LogP contribution in [-0.4, -0.2) is 11.2 Å². The molecule has 0 spiro atoms. The predicted molar refractivity (Wildman–Crippen MR) is 89.1 cm³/mol. The summed E-state index contributed by atoms with van der Waals surface area (Å²) < 4.78 is 0. The lowest BCUT2D eigenvalue weighted by Crippen LogP contribution is -2.51. The minimum atomic E-state index is -0.181. The molecule has 1 N–H and O–H groups in total. The molecule has 0 aliphatic heterocycles. The van der Waals surface area contributed by atoms with E-state index in [1.807, 2.05) is 0 Å². The Bertz CT molecular complexity index is 445. The Kier molecular flexibility index (Phi) is 3.60. The van der Waals surface area contributed by atoms with E-state index in [0.29, 0.717) is 5.41 Å². The second-order valence-corrected chi connectivity index (χ2v) is 9.70. The molecule has 4 aliphatic carbocycles. The Hall–Kier alpha value is -0.300. The number of rotatable bonds is 5. The highest BCUT2D eigenvalue weighted by molar-refractivity contribution is 5.24. The average Bonchev–Trinajstić information content (AvgIpc) is 2.36. The van der Waals surface area contributed by atoms with E-state index in [2.05, 4.69) is 40.7 Å². The molecule has 0 saturated heterocycles. The molecule has 0 aromatic rings. The molecule has 0 aromatic carbocycles. The third-order valence-electron chi connectivity index (χ3n) is 7.51. The molecule has 1 nitrogen and oxygen atoms in total. The highest BCUT2D eigenvalue weighted by Gasteiger charge is 2.55. The second-order valence-electron chi connectivity index (χ2n) is 9.70. The summed E-state index contributed by atoms with van der Waals surface area (Å²) in [5, 5.41) is 10.8. The van der Waals surface area contributed by atoms with E-state index in [-0.39, 0.29) is 16.9 Å². The van der Waals surface area contributed by atoms with Crippen molar-refractivity contribution in [2.45, 2.75) is 85.7 Å². The third kappa shape index (κ3) is 2.50. The van der Waals surface area contributed by atoms with Crippen LogP contribution in [0.4, 0.5) is 0 Å². The van der Waals surface area contributed by atoms with Gasteiger partial charge in [0, 0.05) is 0 Å². The van der Waals surface area contributed by atoms with E-state index in [4.69, 9.17) is 0 Å². The van der Waals surface area contributed by atoms with Gasteiger partial charge in [0.1, 0.15) is 0 Å². The van der Waals surface area contributed by atoms with Gasteiger partial charge in [0.2, 0.25) is 0 Å². The summed E-state index contributed by atoms with van der Waals surface area (Å²) in [7, 11) is 0. The Balaban J connectivity index is 1.81. The van der Waals surface area contributed by atoms with Crippen LogP contribution in [0.25, 0.3) is 0 Å². The minimum Gasteiger partial charge on any atom is -0.393 e. The zero-order valence-electron chi connectivity index (χ0n) is 14.7. The van der Waals surface area contributed by atoms with Crippen molar-refractivity contribution in [2.24, 2.45) is 28.1 Å². The average molecular weight is 290 g/mol. The van der Waals surface area contributed by atoms with Crippen molar-refractivity contribution in [1.29, 1.82) is 0 Å². The van der Waals surface area contributed by atoms with Crippen molar-refractivity contribution in [2.75, 3.05) is 0 Å². The normalized spacial score (nSPS) is 36.8. The number of allylic oxidation sites excluding steroid dienone is 2. The maximum absolute atomic E-state index is 10.8. The van der Waals surface area contributed by atoms with E-state index >= 15 is 0 Å². The Morgan fingerprint density at radius 2 is 2.00 bits per heavy atom. The third-order valence-corrected chi connectivity index (χ3v) is 7.51. The van der Waals surface area contributed by atoms with Gasteiger partial charge in [0.05, 0.1) is 6.10 Å². The van der Waals surface area contributed by atoms with Gasteiger partial charge in [-0.2, -0.15) is 0 Å². The first-order valence-electron chi connectivity index (χ1n) is 9.05. The zero-order valence-corrected chi connectivity index (χ0v) is 14.7. The number of hydrogen-bond acceptors (Lipinski definition) is 1. The quantitative estimate of drug-likeness (QED) is 0.678. The molecule has 21 heavy (non-hydrogen) atoms. The molecule has 2 saturated carbocycles. The molecule has 4 bridgehead atoms. The van der Waals surface area contributed by atoms with Crippen molar-refractivity contribution >= 4 is 0 Å². The molecule has 120 valence electrons. The molecular formula is C20H34O. The first-order valence-corrected chi connectivity index (χ1v) is 9.05. The largest absolute Gasteiger partial charge is 0.393 e. The fourth-order valence-electron chi connectivity index (χ4n) is 5.50. The van der Waals surface area contributed by atoms with Crippen LogP contribution in [0.15, 0.2) is 11.6 Å². The summed E-state index contributed by atoms with van der Waals surface area (Å²) in [5.74, 6) is 1.78. The first-order chi connectivity index (χ1) is 9.67. The zero-order chi connectivity index (χ0) is 15.5. The lowest BCUT2D eigenvalue weighted by atomic mass is 9.45. The fraction of sp³-hybridized carbons (Fsp3) is 0.900. The van der Waals surface area contributed by atoms with Crippen LogP contribution in [0.1, 0.15) is 79.6 Å². The van der Waals surface area contributed by atoms with Crippen LogP contribution >= 0.6 is 0 Å². The fourth-order valence-corrected chi connectivity index (χ4v) is 5.50. The van der Waals surface area contributed by atoms with Crippen molar-refractivity contribution in [3.8, 4) is 0 Å². The van der Waals surface area contributed by atoms with E-state index in [9.17, 15) is 5.11 Å². The lowest BCUT2D eigenvalue weighted by molar-refractivity contribution is -0.0832. The van der Waals surface area contributed by atoms with Gasteiger partial charge < -0.3 is 5.11 Å². The summed E-state index contributed by atoms with van der Waals surface area (Å²) in [5.41, 5.74) is 2.49. The standard InChI is InChI=1S/C20H34O/c1-6-18(2,3)17(21)13-19(4,5)20-10-14-7-15(11-20)9-16(8-14)12-20/h7,14,16-17,21H,6,8-13H2,1-5H3. The minimum absolute atomic E-state index is 0.0405. The lowest BCUT2D eigenvalue weighted by Gasteiger charge is -2.60. The Morgan fingerprint density at radius 3 is 2.57 bits per heavy atom. The smallest absolute Gasteiger partial charge is 0.0596 e. The Labute approximate surface area is 131 Å². The van der Waals surface area contributed by atoms with Crippen molar-refractivity contribution in [3.05, 3.63) is 11.6 Å². The molecule has 0 aromatic heterocycles. The maximum atomic E-state index is 10.8. The van der Waals surface area contributed by atoms with E-state index in [1.165, 1.54) is 32.1 Å². The number of hydrogen-bond donors (Lipinski definition) is 1. The summed E-state index contributed by atoms with van der Waals surface area (Å²) in [6, 6.07) is 0. The van der Waals surface area contributed by atoms with Gasteiger partial charge in [0.15, 0.2) is 0 Å².